The fraction of sp³-hybridized carbons (Fsp3) is 0.688. The van der Waals surface area contributed by atoms with E-state index in [-0.39, 0.29) is 18.3 Å². The van der Waals surface area contributed by atoms with Gasteiger partial charge < -0.3 is 15.1 Å². The van der Waals surface area contributed by atoms with Gasteiger partial charge in [0, 0.05) is 12.6 Å². The largest absolute Gasteiger partial charge is 0.467 e. The van der Waals surface area contributed by atoms with E-state index in [2.05, 4.69) is 4.90 Å². The molecule has 0 saturated heterocycles. The van der Waals surface area contributed by atoms with Gasteiger partial charge in [0.2, 0.25) is 0 Å². The smallest absolute Gasteiger partial charge is 0.257 e. The van der Waals surface area contributed by atoms with Crippen LogP contribution in [0.2, 0.25) is 0 Å². The van der Waals surface area contributed by atoms with E-state index in [1.807, 2.05) is 0 Å². The summed E-state index contributed by atoms with van der Waals surface area (Å²) in [6, 6.07) is 2.25. The van der Waals surface area contributed by atoms with Crippen molar-refractivity contribution < 1.29 is 9.21 Å². The van der Waals surface area contributed by atoms with Crippen molar-refractivity contribution in [3.8, 4) is 0 Å². The highest BCUT2D eigenvalue weighted by Gasteiger charge is 2.35. The maximum absolute atomic E-state index is 12.7. The molecule has 1 aromatic rings. The number of nitrogens with two attached hydrogens (primary N) is 1. The Bertz CT molecular complexity index is 465. The summed E-state index contributed by atoms with van der Waals surface area (Å²) >= 11 is 0. The Morgan fingerprint density at radius 1 is 1.24 bits per heavy atom. The Hall–Kier alpha value is -1.00. The number of hydrogen-bond acceptors (Lipinski definition) is 3. The van der Waals surface area contributed by atoms with E-state index in [0.717, 1.165) is 19.4 Å². The SMILES string of the molecule is Cl.NCc1cc(C(=O)N(CC2CCCCC2)C2CC2)co1. The minimum atomic E-state index is 0. The second-order valence-electron chi connectivity index (χ2n) is 6.20. The molecule has 1 amide bonds. The van der Waals surface area contributed by atoms with Crippen molar-refractivity contribution >= 4 is 18.3 Å². The Morgan fingerprint density at radius 2 is 1.95 bits per heavy atom. The molecule has 21 heavy (non-hydrogen) atoms. The molecule has 4 nitrogen and oxygen atoms in total. The first-order valence-corrected chi connectivity index (χ1v) is 7.86. The van der Waals surface area contributed by atoms with E-state index in [1.165, 1.54) is 32.1 Å². The Labute approximate surface area is 132 Å². The van der Waals surface area contributed by atoms with Crippen molar-refractivity contribution in [2.24, 2.45) is 11.7 Å². The molecule has 2 aliphatic rings. The second-order valence-corrected chi connectivity index (χ2v) is 6.20. The van der Waals surface area contributed by atoms with Gasteiger partial charge >= 0.3 is 0 Å². The molecule has 0 bridgehead atoms. The van der Waals surface area contributed by atoms with Crippen LogP contribution in [0.15, 0.2) is 16.7 Å². The molecule has 118 valence electrons. The van der Waals surface area contributed by atoms with Crippen LogP contribution in [0, 0.1) is 5.92 Å². The predicted octanol–water partition coefficient (Wildman–Crippen LogP) is 3.35. The first-order chi connectivity index (χ1) is 9.78. The number of halogens is 1. The van der Waals surface area contributed by atoms with Gasteiger partial charge in [-0.1, -0.05) is 19.3 Å². The lowest BCUT2D eigenvalue weighted by molar-refractivity contribution is 0.0698. The third-order valence-electron chi connectivity index (χ3n) is 4.53. The summed E-state index contributed by atoms with van der Waals surface area (Å²) in [4.78, 5) is 14.7. The molecule has 2 N–H and O–H groups in total. The van der Waals surface area contributed by atoms with Crippen molar-refractivity contribution in [2.45, 2.75) is 57.5 Å². The van der Waals surface area contributed by atoms with Crippen molar-refractivity contribution in [3.63, 3.8) is 0 Å². The number of nitrogens with zero attached hydrogens (tertiary/aromatic N) is 1. The van der Waals surface area contributed by atoms with Gasteiger partial charge in [0.1, 0.15) is 12.0 Å². The van der Waals surface area contributed by atoms with E-state index in [4.69, 9.17) is 10.2 Å². The number of furan rings is 1. The van der Waals surface area contributed by atoms with Crippen LogP contribution in [0.25, 0.3) is 0 Å². The number of hydrogen-bond donors (Lipinski definition) is 1. The molecule has 2 fully saturated rings. The van der Waals surface area contributed by atoms with Gasteiger partial charge in [0.05, 0.1) is 12.1 Å². The highest BCUT2D eigenvalue weighted by atomic mass is 35.5. The van der Waals surface area contributed by atoms with Crippen LogP contribution < -0.4 is 5.73 Å². The van der Waals surface area contributed by atoms with Crippen LogP contribution in [0.4, 0.5) is 0 Å². The minimum Gasteiger partial charge on any atom is -0.467 e. The lowest BCUT2D eigenvalue weighted by atomic mass is 9.89. The number of carbonyl (C=O) groups excluding carboxylic acids is 1. The number of rotatable bonds is 5. The molecular formula is C16H25ClN2O2. The summed E-state index contributed by atoms with van der Waals surface area (Å²) in [6.07, 6.45) is 10.4. The molecule has 0 unspecified atom stereocenters. The van der Waals surface area contributed by atoms with Crippen LogP contribution in [0.5, 0.6) is 0 Å². The van der Waals surface area contributed by atoms with Gasteiger partial charge in [-0.15, -0.1) is 12.4 Å². The summed E-state index contributed by atoms with van der Waals surface area (Å²) in [5, 5.41) is 0. The maximum atomic E-state index is 12.7. The van der Waals surface area contributed by atoms with Crippen molar-refractivity contribution in [2.75, 3.05) is 6.54 Å². The van der Waals surface area contributed by atoms with E-state index >= 15 is 0 Å². The van der Waals surface area contributed by atoms with E-state index in [1.54, 1.807) is 12.3 Å². The van der Waals surface area contributed by atoms with Crippen LogP contribution in [-0.2, 0) is 6.54 Å². The number of amides is 1. The van der Waals surface area contributed by atoms with Crippen LogP contribution in [-0.4, -0.2) is 23.4 Å². The molecule has 0 radical (unpaired) electrons. The van der Waals surface area contributed by atoms with Gasteiger partial charge in [0.15, 0.2) is 0 Å². The summed E-state index contributed by atoms with van der Waals surface area (Å²) in [5.41, 5.74) is 6.20. The Morgan fingerprint density at radius 3 is 2.52 bits per heavy atom. The van der Waals surface area contributed by atoms with Crippen LogP contribution >= 0.6 is 12.4 Å². The molecule has 2 saturated carbocycles. The third kappa shape index (κ3) is 4.01. The molecular weight excluding hydrogens is 288 g/mol. The van der Waals surface area contributed by atoms with Crippen molar-refractivity contribution in [3.05, 3.63) is 23.7 Å². The monoisotopic (exact) mass is 312 g/mol. The zero-order valence-electron chi connectivity index (χ0n) is 12.4. The molecule has 3 rings (SSSR count). The topological polar surface area (TPSA) is 59.5 Å². The minimum absolute atomic E-state index is 0. The number of carbonyl (C=O) groups is 1. The summed E-state index contributed by atoms with van der Waals surface area (Å²) in [5.74, 6) is 1.50. The first kappa shape index (κ1) is 16.4. The summed E-state index contributed by atoms with van der Waals surface area (Å²) in [6.45, 7) is 1.27. The standard InChI is InChI=1S/C16H24N2O2.ClH/c17-9-15-8-13(11-20-15)16(19)18(14-6-7-14)10-12-4-2-1-3-5-12;/h8,11-12,14H,1-7,9-10,17H2;1H. The fourth-order valence-corrected chi connectivity index (χ4v) is 3.20. The predicted molar refractivity (Wildman–Crippen MR) is 84.5 cm³/mol. The molecule has 0 aliphatic heterocycles. The Kier molecular flexibility index (Phi) is 5.71. The third-order valence-corrected chi connectivity index (χ3v) is 4.53. The zero-order valence-corrected chi connectivity index (χ0v) is 13.2. The first-order valence-electron chi connectivity index (χ1n) is 7.86. The average Bonchev–Trinajstić information content (AvgIpc) is 3.21. The molecule has 1 aromatic heterocycles. The zero-order chi connectivity index (χ0) is 13.9. The molecule has 0 aromatic carbocycles. The molecule has 5 heteroatoms. The van der Waals surface area contributed by atoms with Gasteiger partial charge in [-0.25, -0.2) is 0 Å². The van der Waals surface area contributed by atoms with Crippen LogP contribution in [0.1, 0.15) is 61.1 Å². The highest BCUT2D eigenvalue weighted by Crippen LogP contribution is 2.32. The lowest BCUT2D eigenvalue weighted by Gasteiger charge is -2.29. The highest BCUT2D eigenvalue weighted by molar-refractivity contribution is 5.94. The van der Waals surface area contributed by atoms with Crippen LogP contribution in [0.3, 0.4) is 0 Å². The average molecular weight is 313 g/mol. The summed E-state index contributed by atoms with van der Waals surface area (Å²) in [7, 11) is 0. The van der Waals surface area contributed by atoms with Gasteiger partial charge in [-0.3, -0.25) is 4.79 Å². The summed E-state index contributed by atoms with van der Waals surface area (Å²) < 4.78 is 5.30. The molecule has 1 heterocycles. The normalized spacial score (nSPS) is 19.1. The quantitative estimate of drug-likeness (QED) is 0.907. The van der Waals surface area contributed by atoms with Crippen molar-refractivity contribution in [1.82, 2.24) is 4.90 Å². The van der Waals surface area contributed by atoms with Crippen molar-refractivity contribution in [1.29, 1.82) is 0 Å². The second kappa shape index (κ2) is 7.32. The van der Waals surface area contributed by atoms with Gasteiger partial charge in [0.25, 0.3) is 5.91 Å². The molecule has 0 atom stereocenters. The maximum Gasteiger partial charge on any atom is 0.257 e. The van der Waals surface area contributed by atoms with E-state index in [0.29, 0.717) is 29.8 Å². The lowest BCUT2D eigenvalue weighted by Crippen LogP contribution is -2.37. The van der Waals surface area contributed by atoms with Gasteiger partial charge in [-0.2, -0.15) is 0 Å². The fourth-order valence-electron chi connectivity index (χ4n) is 3.20. The van der Waals surface area contributed by atoms with Gasteiger partial charge in [-0.05, 0) is 37.7 Å². The molecule has 2 aliphatic carbocycles. The van der Waals surface area contributed by atoms with E-state index < -0.39 is 0 Å². The molecule has 0 spiro atoms. The van der Waals surface area contributed by atoms with E-state index in [9.17, 15) is 4.79 Å². The Balaban J connectivity index is 0.00000161.